The van der Waals surface area contributed by atoms with Crippen LogP contribution in [0.15, 0.2) is 21.9 Å². The molecule has 0 saturated carbocycles. The monoisotopic (exact) mass is 874 g/mol. The normalized spacial score (nSPS) is 16.7. The van der Waals surface area contributed by atoms with E-state index in [0.717, 1.165) is 28.5 Å². The molecule has 0 fully saturated rings. The van der Waals surface area contributed by atoms with Gasteiger partial charge in [-0.3, -0.25) is 14.5 Å². The van der Waals surface area contributed by atoms with Crippen molar-refractivity contribution in [2.75, 3.05) is 18.1 Å². The van der Waals surface area contributed by atoms with E-state index in [0.29, 0.717) is 17.7 Å². The Hall–Kier alpha value is -1.41. The molecule has 3 aromatic heterocycles. The quantitative estimate of drug-likeness (QED) is 0.0628. The first kappa shape index (κ1) is 52.7. The lowest BCUT2D eigenvalue weighted by atomic mass is 10.0. The van der Waals surface area contributed by atoms with Gasteiger partial charge >= 0.3 is 0 Å². The van der Waals surface area contributed by atoms with E-state index in [9.17, 15) is 9.59 Å². The zero-order valence-corrected chi connectivity index (χ0v) is 42.9. The van der Waals surface area contributed by atoms with Crippen molar-refractivity contribution in [3.8, 4) is 19.5 Å². The maximum atomic E-state index is 14.1. The Morgan fingerprint density at radius 3 is 1.60 bits per heavy atom. The fraction of sp³-hybridized carbons (Fsp3) is 0.725. The van der Waals surface area contributed by atoms with Crippen molar-refractivity contribution in [3.05, 3.63) is 33.0 Å². The number of aryl methyl sites for hydroxylation is 2. The van der Waals surface area contributed by atoms with Crippen LogP contribution in [-0.4, -0.2) is 34.8 Å². The molecule has 2 amide bonds. The molecule has 2 atom stereocenters. The number of hydrogen-bond acceptors (Lipinski definition) is 5. The average molecular weight is 875 g/mol. The molecule has 332 valence electrons. The van der Waals surface area contributed by atoms with Crippen LogP contribution in [0.5, 0.6) is 0 Å². The van der Waals surface area contributed by atoms with Crippen molar-refractivity contribution in [2.24, 2.45) is 5.92 Å². The second kappa shape index (κ2) is 29.0. The van der Waals surface area contributed by atoms with Gasteiger partial charge in [-0.25, -0.2) is 0 Å². The highest BCUT2D eigenvalue weighted by Crippen LogP contribution is 2.76. The maximum absolute atomic E-state index is 14.1. The van der Waals surface area contributed by atoms with Crippen LogP contribution in [-0.2, 0) is 0 Å². The number of nitrogens with zero attached hydrogens (tertiary/aromatic N) is 1. The van der Waals surface area contributed by atoms with Gasteiger partial charge < -0.3 is 0 Å². The minimum absolute atomic E-state index is 0.0530. The Morgan fingerprint density at radius 1 is 0.569 bits per heavy atom. The molecule has 3 aromatic rings. The Bertz CT molecular complexity index is 1600. The number of unbranched alkanes of at least 4 members (excludes halogenated alkanes) is 15. The fourth-order valence-electron chi connectivity index (χ4n) is 8.41. The summed E-state index contributed by atoms with van der Waals surface area (Å²) >= 11 is 5.59. The predicted octanol–water partition coefficient (Wildman–Crippen LogP) is 18.9. The Morgan fingerprint density at radius 2 is 1.05 bits per heavy atom. The van der Waals surface area contributed by atoms with Crippen molar-refractivity contribution in [1.82, 2.24) is 4.90 Å². The van der Waals surface area contributed by atoms with Crippen molar-refractivity contribution < 1.29 is 9.59 Å². The molecular formula is C51H87NO2S4. The molecule has 2 aliphatic heterocycles. The Kier molecular flexibility index (Phi) is 26.4. The molecule has 0 N–H and O–H groups in total. The third kappa shape index (κ3) is 13.8. The number of rotatable bonds is 25. The van der Waals surface area contributed by atoms with Crippen LogP contribution in [0, 0.1) is 19.8 Å². The number of hydrogen-bond donors (Lipinski definition) is 0. The molecule has 5 heterocycles. The van der Waals surface area contributed by atoms with Crippen LogP contribution in [0.1, 0.15) is 235 Å². The van der Waals surface area contributed by atoms with Crippen molar-refractivity contribution in [3.63, 3.8) is 0 Å². The lowest BCUT2D eigenvalue weighted by Gasteiger charge is -2.40. The number of carbonyl (C=O) groups excluding carboxylic acids is 2. The molecule has 7 heteroatoms. The minimum Gasteiger partial charge on any atom is -0.274 e. The van der Waals surface area contributed by atoms with Gasteiger partial charge in [0.15, 0.2) is 0 Å². The maximum Gasteiger partial charge on any atom is 0.263 e. The summed E-state index contributed by atoms with van der Waals surface area (Å²) in [7, 11) is -1.19. The van der Waals surface area contributed by atoms with Gasteiger partial charge in [-0.05, 0) is 62.7 Å². The standard InChI is InChI=1S/C44H67NO2S4.C3H8.2C2H6/c1-7-11-14-16-18-19-20-21-22-24-27-45-43(46)38-33(6)49-40(39(38)44(45)47)35-30-37-42(50-35)41-36(29-32(5)48-41)51(37,28-25-23-17-15-12-8-2)31-34(10-4)26-13-9-3;1-3-2;2*1-2/h29-30,34H,7-28,31H2,1-6H3;3H2,1-2H3;2*1-2H3. The summed E-state index contributed by atoms with van der Waals surface area (Å²) in [4.78, 5) is 40.3. The molecule has 2 aliphatic rings. The zero-order valence-electron chi connectivity index (χ0n) is 39.6. The van der Waals surface area contributed by atoms with Gasteiger partial charge in [0.1, 0.15) is 0 Å². The van der Waals surface area contributed by atoms with Gasteiger partial charge in [-0.1, -0.05) is 185 Å². The molecule has 0 spiro atoms. The zero-order chi connectivity index (χ0) is 43.1. The molecule has 0 radical (unpaired) electrons. The van der Waals surface area contributed by atoms with Crippen LogP contribution in [0.2, 0.25) is 0 Å². The van der Waals surface area contributed by atoms with Gasteiger partial charge in [0.05, 0.1) is 25.8 Å². The molecule has 0 saturated heterocycles. The summed E-state index contributed by atoms with van der Waals surface area (Å²) in [6.07, 6.45) is 26.8. The number of imide groups is 1. The SMILES string of the molecule is CC.CC.CCC.CCCCCCCCCCCCN1C(=O)c2c(C)sc(-c3cc4c(s3)-c3sc(C)cc3S4(CCCCCCCC)CC(CC)CCCC)c2C1=O. The van der Waals surface area contributed by atoms with Gasteiger partial charge in [-0.15, -0.1) is 34.0 Å². The lowest BCUT2D eigenvalue weighted by Crippen LogP contribution is -2.31. The highest BCUT2D eigenvalue weighted by Gasteiger charge is 2.45. The second-order valence-electron chi connectivity index (χ2n) is 16.2. The molecule has 0 bridgehead atoms. The van der Waals surface area contributed by atoms with Crippen molar-refractivity contribution in [2.45, 2.75) is 228 Å². The van der Waals surface area contributed by atoms with Gasteiger partial charge in [0.2, 0.25) is 0 Å². The number of fused-ring (bicyclic) bond motifs is 4. The van der Waals surface area contributed by atoms with E-state index in [1.807, 2.05) is 50.4 Å². The van der Waals surface area contributed by atoms with E-state index in [2.05, 4.69) is 67.5 Å². The molecule has 5 rings (SSSR count). The summed E-state index contributed by atoms with van der Waals surface area (Å²) in [6.45, 7) is 26.5. The topological polar surface area (TPSA) is 37.4 Å². The van der Waals surface area contributed by atoms with Gasteiger partial charge in [0, 0.05) is 31.0 Å². The lowest BCUT2D eigenvalue weighted by molar-refractivity contribution is 0.0651. The molecule has 2 unspecified atom stereocenters. The van der Waals surface area contributed by atoms with Crippen LogP contribution in [0.4, 0.5) is 0 Å². The predicted molar refractivity (Wildman–Crippen MR) is 267 cm³/mol. The first-order valence-electron chi connectivity index (χ1n) is 24.3. The van der Waals surface area contributed by atoms with E-state index < -0.39 is 10.0 Å². The third-order valence-corrected chi connectivity index (χ3v) is 19.7. The van der Waals surface area contributed by atoms with Crippen molar-refractivity contribution in [1.29, 1.82) is 0 Å². The van der Waals surface area contributed by atoms with Gasteiger partial charge in [-0.2, -0.15) is 10.0 Å². The van der Waals surface area contributed by atoms with E-state index in [1.165, 1.54) is 153 Å². The first-order valence-corrected chi connectivity index (χ1v) is 28.7. The van der Waals surface area contributed by atoms with Crippen LogP contribution >= 0.6 is 44.0 Å². The second-order valence-corrected chi connectivity index (χ2v) is 23.1. The average Bonchev–Trinajstić information content (AvgIpc) is 4.02. The molecule has 0 aromatic carbocycles. The third-order valence-electron chi connectivity index (χ3n) is 11.4. The minimum atomic E-state index is -1.19. The van der Waals surface area contributed by atoms with Crippen LogP contribution in [0.3, 0.4) is 0 Å². The molecular weight excluding hydrogens is 787 g/mol. The number of amides is 2. The largest absolute Gasteiger partial charge is 0.274 e. The fourth-order valence-corrected chi connectivity index (χ4v) is 18.0. The first-order chi connectivity index (χ1) is 28.2. The molecule has 3 nitrogen and oxygen atoms in total. The van der Waals surface area contributed by atoms with E-state index in [-0.39, 0.29) is 11.8 Å². The summed E-state index contributed by atoms with van der Waals surface area (Å²) in [5, 5.41) is 0. The molecule has 58 heavy (non-hydrogen) atoms. The smallest absolute Gasteiger partial charge is 0.263 e. The number of thiophene rings is 3. The van der Waals surface area contributed by atoms with Crippen LogP contribution in [0.25, 0.3) is 19.5 Å². The highest BCUT2D eigenvalue weighted by molar-refractivity contribution is 8.34. The number of carbonyl (C=O) groups is 2. The Balaban J connectivity index is 0.00000156. The summed E-state index contributed by atoms with van der Waals surface area (Å²) in [5.41, 5.74) is 1.38. The summed E-state index contributed by atoms with van der Waals surface area (Å²) in [5.74, 6) is 3.23. The summed E-state index contributed by atoms with van der Waals surface area (Å²) in [6, 6.07) is 5.08. The van der Waals surface area contributed by atoms with E-state index in [1.54, 1.807) is 26.0 Å². The highest BCUT2D eigenvalue weighted by atomic mass is 32.3. The van der Waals surface area contributed by atoms with E-state index in [4.69, 9.17) is 0 Å². The van der Waals surface area contributed by atoms with Crippen LogP contribution < -0.4 is 0 Å². The van der Waals surface area contributed by atoms with Crippen molar-refractivity contribution >= 4 is 55.9 Å². The van der Waals surface area contributed by atoms with E-state index >= 15 is 0 Å². The summed E-state index contributed by atoms with van der Waals surface area (Å²) < 4.78 is 0. The molecule has 0 aliphatic carbocycles. The van der Waals surface area contributed by atoms with Gasteiger partial charge in [0.25, 0.3) is 11.8 Å². The Labute approximate surface area is 372 Å².